The van der Waals surface area contributed by atoms with Crippen LogP contribution in [0.25, 0.3) is 0 Å². The van der Waals surface area contributed by atoms with Crippen LogP contribution in [0.1, 0.15) is 16.7 Å². The topological polar surface area (TPSA) is 79.4 Å². The molecule has 6 nitrogen and oxygen atoms in total. The van der Waals surface area contributed by atoms with Crippen molar-refractivity contribution in [1.29, 1.82) is 0 Å². The minimum absolute atomic E-state index is 0.146. The van der Waals surface area contributed by atoms with Crippen molar-refractivity contribution in [2.24, 2.45) is 0 Å². The van der Waals surface area contributed by atoms with Gasteiger partial charge >= 0.3 is 0 Å². The standard InChI is InChI=1S/C22H23N3O3S/c1-16-6-4-8-20(12-16)29(27,28)25(21-13-17(2)9-10-18(21)3)15-22(26)24-19-7-5-11-23-14-19/h4-14H,15H2,1-3H3,(H,24,26). The predicted octanol–water partition coefficient (Wildman–Crippen LogP) is 3.84. The van der Waals surface area contributed by atoms with Crippen molar-refractivity contribution in [3.63, 3.8) is 0 Å². The van der Waals surface area contributed by atoms with Crippen LogP contribution in [-0.2, 0) is 14.8 Å². The maximum atomic E-state index is 13.5. The summed E-state index contributed by atoms with van der Waals surface area (Å²) in [4.78, 5) is 16.8. The van der Waals surface area contributed by atoms with E-state index < -0.39 is 15.9 Å². The third-order valence-corrected chi connectivity index (χ3v) is 6.20. The zero-order valence-electron chi connectivity index (χ0n) is 16.6. The van der Waals surface area contributed by atoms with Gasteiger partial charge in [-0.2, -0.15) is 0 Å². The van der Waals surface area contributed by atoms with Crippen molar-refractivity contribution in [3.05, 3.63) is 83.7 Å². The van der Waals surface area contributed by atoms with Crippen molar-refractivity contribution in [3.8, 4) is 0 Å². The third-order valence-electron chi connectivity index (χ3n) is 4.44. The Kier molecular flexibility index (Phi) is 5.98. The second kappa shape index (κ2) is 8.45. The molecule has 0 aliphatic carbocycles. The molecule has 0 aliphatic rings. The van der Waals surface area contributed by atoms with Gasteiger partial charge in [0.25, 0.3) is 10.0 Å². The summed E-state index contributed by atoms with van der Waals surface area (Å²) in [5.41, 5.74) is 3.48. The van der Waals surface area contributed by atoms with Gasteiger partial charge in [-0.3, -0.25) is 14.1 Å². The molecule has 1 N–H and O–H groups in total. The monoisotopic (exact) mass is 409 g/mol. The number of hydrogen-bond donors (Lipinski definition) is 1. The number of carbonyl (C=O) groups is 1. The summed E-state index contributed by atoms with van der Waals surface area (Å²) in [7, 11) is -3.95. The quantitative estimate of drug-likeness (QED) is 0.671. The van der Waals surface area contributed by atoms with Crippen LogP contribution in [0.5, 0.6) is 0 Å². The van der Waals surface area contributed by atoms with Gasteiger partial charge in [-0.15, -0.1) is 0 Å². The molecule has 7 heteroatoms. The molecule has 0 aliphatic heterocycles. The fraction of sp³-hybridized carbons (Fsp3) is 0.182. The van der Waals surface area contributed by atoms with Crippen molar-refractivity contribution >= 4 is 27.3 Å². The van der Waals surface area contributed by atoms with E-state index in [1.807, 2.05) is 39.0 Å². The molecule has 0 spiro atoms. The van der Waals surface area contributed by atoms with E-state index in [9.17, 15) is 13.2 Å². The van der Waals surface area contributed by atoms with Crippen LogP contribution >= 0.6 is 0 Å². The highest BCUT2D eigenvalue weighted by atomic mass is 32.2. The molecule has 2 aromatic carbocycles. The largest absolute Gasteiger partial charge is 0.323 e. The maximum Gasteiger partial charge on any atom is 0.264 e. The molecule has 0 unspecified atom stereocenters. The molecule has 0 bridgehead atoms. The smallest absolute Gasteiger partial charge is 0.264 e. The number of anilines is 2. The Bertz CT molecular complexity index is 1130. The third kappa shape index (κ3) is 4.81. The number of hydrogen-bond acceptors (Lipinski definition) is 4. The first kappa shape index (κ1) is 20.5. The summed E-state index contributed by atoms with van der Waals surface area (Å²) in [6.45, 7) is 5.19. The second-order valence-corrected chi connectivity index (χ2v) is 8.77. The van der Waals surface area contributed by atoms with E-state index in [0.29, 0.717) is 11.4 Å². The minimum atomic E-state index is -3.95. The first-order valence-electron chi connectivity index (χ1n) is 9.14. The molecule has 150 valence electrons. The number of nitrogens with zero attached hydrogens (tertiary/aromatic N) is 2. The summed E-state index contributed by atoms with van der Waals surface area (Å²) in [5.74, 6) is -0.449. The zero-order chi connectivity index (χ0) is 21.0. The molecule has 0 atom stereocenters. The SMILES string of the molecule is Cc1cccc(S(=O)(=O)N(CC(=O)Nc2cccnc2)c2cc(C)ccc2C)c1. The highest BCUT2D eigenvalue weighted by molar-refractivity contribution is 7.92. The lowest BCUT2D eigenvalue weighted by Gasteiger charge is -2.26. The van der Waals surface area contributed by atoms with Crippen LogP contribution in [0.15, 0.2) is 71.9 Å². The number of benzene rings is 2. The zero-order valence-corrected chi connectivity index (χ0v) is 17.4. The van der Waals surface area contributed by atoms with Gasteiger partial charge < -0.3 is 5.32 Å². The fourth-order valence-electron chi connectivity index (χ4n) is 2.96. The number of aromatic nitrogens is 1. The first-order chi connectivity index (χ1) is 13.8. The van der Waals surface area contributed by atoms with Crippen LogP contribution in [0, 0.1) is 20.8 Å². The highest BCUT2D eigenvalue weighted by Crippen LogP contribution is 2.28. The van der Waals surface area contributed by atoms with Gasteiger partial charge in [0.1, 0.15) is 6.54 Å². The lowest BCUT2D eigenvalue weighted by atomic mass is 10.1. The molecule has 0 fully saturated rings. The van der Waals surface area contributed by atoms with Crippen molar-refractivity contribution in [1.82, 2.24) is 4.98 Å². The summed E-state index contributed by atoms with van der Waals surface area (Å²) in [5, 5.41) is 2.70. The van der Waals surface area contributed by atoms with Gasteiger partial charge in [0.05, 0.1) is 22.5 Å². The second-order valence-electron chi connectivity index (χ2n) is 6.91. The normalized spacial score (nSPS) is 11.1. The number of sulfonamides is 1. The molecular weight excluding hydrogens is 386 g/mol. The predicted molar refractivity (Wildman–Crippen MR) is 114 cm³/mol. The lowest BCUT2D eigenvalue weighted by molar-refractivity contribution is -0.114. The Labute approximate surface area is 171 Å². The number of aryl methyl sites for hydroxylation is 3. The number of amides is 1. The van der Waals surface area contributed by atoms with Gasteiger partial charge in [0.2, 0.25) is 5.91 Å². The Morgan fingerprint density at radius 3 is 2.45 bits per heavy atom. The molecule has 0 radical (unpaired) electrons. The molecular formula is C22H23N3O3S. The highest BCUT2D eigenvalue weighted by Gasteiger charge is 2.28. The molecule has 3 rings (SSSR count). The first-order valence-corrected chi connectivity index (χ1v) is 10.6. The number of nitrogens with one attached hydrogen (secondary N) is 1. The summed E-state index contributed by atoms with van der Waals surface area (Å²) in [6.07, 6.45) is 3.11. The van der Waals surface area contributed by atoms with Crippen LogP contribution in [0.3, 0.4) is 0 Å². The molecule has 0 saturated carbocycles. The van der Waals surface area contributed by atoms with Crippen LogP contribution in [0.2, 0.25) is 0 Å². The Morgan fingerprint density at radius 2 is 1.76 bits per heavy atom. The Hall–Kier alpha value is -3.19. The Balaban J connectivity index is 2.02. The number of pyridine rings is 1. The van der Waals surface area contributed by atoms with E-state index in [-0.39, 0.29) is 11.4 Å². The van der Waals surface area contributed by atoms with E-state index in [2.05, 4.69) is 10.3 Å². The molecule has 1 aromatic heterocycles. The van der Waals surface area contributed by atoms with E-state index in [0.717, 1.165) is 21.0 Å². The molecule has 3 aromatic rings. The molecule has 0 saturated heterocycles. The maximum absolute atomic E-state index is 13.5. The average Bonchev–Trinajstić information content (AvgIpc) is 2.69. The summed E-state index contributed by atoms with van der Waals surface area (Å²) >= 11 is 0. The van der Waals surface area contributed by atoms with Gasteiger partial charge in [-0.1, -0.05) is 24.3 Å². The van der Waals surface area contributed by atoms with Gasteiger partial charge in [0.15, 0.2) is 0 Å². The van der Waals surface area contributed by atoms with Crippen LogP contribution in [0.4, 0.5) is 11.4 Å². The van der Waals surface area contributed by atoms with Crippen LogP contribution < -0.4 is 9.62 Å². The summed E-state index contributed by atoms with van der Waals surface area (Å²) in [6, 6.07) is 15.6. The summed E-state index contributed by atoms with van der Waals surface area (Å²) < 4.78 is 28.1. The van der Waals surface area contributed by atoms with E-state index in [1.54, 1.807) is 42.6 Å². The van der Waals surface area contributed by atoms with Gasteiger partial charge in [-0.25, -0.2) is 8.42 Å². The van der Waals surface area contributed by atoms with Crippen molar-refractivity contribution in [2.45, 2.75) is 25.7 Å². The molecule has 1 heterocycles. The molecule has 1 amide bonds. The lowest BCUT2D eigenvalue weighted by Crippen LogP contribution is -2.38. The van der Waals surface area contributed by atoms with Gasteiger partial charge in [0, 0.05) is 6.20 Å². The average molecular weight is 410 g/mol. The number of rotatable bonds is 6. The minimum Gasteiger partial charge on any atom is -0.323 e. The molecule has 29 heavy (non-hydrogen) atoms. The van der Waals surface area contributed by atoms with E-state index in [4.69, 9.17) is 0 Å². The van der Waals surface area contributed by atoms with E-state index >= 15 is 0 Å². The van der Waals surface area contributed by atoms with Gasteiger partial charge in [-0.05, 0) is 67.8 Å². The van der Waals surface area contributed by atoms with Crippen LogP contribution in [-0.4, -0.2) is 25.9 Å². The Morgan fingerprint density at radius 1 is 1.00 bits per heavy atom. The number of carbonyl (C=O) groups excluding carboxylic acids is 1. The fourth-order valence-corrected chi connectivity index (χ4v) is 4.54. The van der Waals surface area contributed by atoms with E-state index in [1.165, 1.54) is 6.20 Å². The van der Waals surface area contributed by atoms with Crippen molar-refractivity contribution < 1.29 is 13.2 Å². The van der Waals surface area contributed by atoms with Crippen molar-refractivity contribution in [2.75, 3.05) is 16.2 Å².